The molecule has 6 nitrogen and oxygen atoms in total. The molecule has 3 aromatic rings. The van der Waals surface area contributed by atoms with E-state index < -0.39 is 0 Å². The summed E-state index contributed by atoms with van der Waals surface area (Å²) >= 11 is 2.94. The Kier molecular flexibility index (Phi) is 6.43. The smallest absolute Gasteiger partial charge is 0.228 e. The first-order valence-corrected chi connectivity index (χ1v) is 10.4. The van der Waals surface area contributed by atoms with E-state index in [0.29, 0.717) is 5.13 Å². The van der Waals surface area contributed by atoms with Crippen LogP contribution in [-0.2, 0) is 9.59 Å². The minimum atomic E-state index is -0.348. The van der Waals surface area contributed by atoms with E-state index in [-0.39, 0.29) is 24.3 Å². The summed E-state index contributed by atoms with van der Waals surface area (Å²) in [5.74, 6) is 0.419. The van der Waals surface area contributed by atoms with E-state index in [0.717, 1.165) is 26.8 Å². The molecule has 146 valence electrons. The summed E-state index contributed by atoms with van der Waals surface area (Å²) < 4.78 is 5.18. The first-order valence-electron chi connectivity index (χ1n) is 8.68. The second-order valence-corrected chi connectivity index (χ2v) is 8.36. The van der Waals surface area contributed by atoms with Gasteiger partial charge in [0.05, 0.1) is 25.3 Å². The standard InChI is InChI=1S/C20H21N3O3S2/c1-12-19(14-6-8-15(26-3)9-7-14)23-20(28-12)22-18(25)11-16(21-13(2)24)17-5-4-10-27-17/h4-10,16H,11H2,1-3H3,(H,21,24)(H,22,23,25)/t16-/m1/s1. The number of carbonyl (C=O) groups is 2. The number of thiophene rings is 1. The molecule has 2 heterocycles. The molecule has 2 N–H and O–H groups in total. The largest absolute Gasteiger partial charge is 0.497 e. The summed E-state index contributed by atoms with van der Waals surface area (Å²) in [5, 5.41) is 8.16. The van der Waals surface area contributed by atoms with Gasteiger partial charge in [-0.15, -0.1) is 22.7 Å². The van der Waals surface area contributed by atoms with E-state index >= 15 is 0 Å². The lowest BCUT2D eigenvalue weighted by atomic mass is 10.1. The number of thiazole rings is 1. The van der Waals surface area contributed by atoms with E-state index in [1.165, 1.54) is 29.6 Å². The number of aryl methyl sites for hydroxylation is 1. The van der Waals surface area contributed by atoms with Crippen molar-refractivity contribution in [2.45, 2.75) is 26.3 Å². The molecule has 0 bridgehead atoms. The van der Waals surface area contributed by atoms with Crippen LogP contribution in [0.2, 0.25) is 0 Å². The highest BCUT2D eigenvalue weighted by Crippen LogP contribution is 2.31. The number of aromatic nitrogens is 1. The SMILES string of the molecule is COc1ccc(-c2nc(NC(=O)C[C@@H](NC(C)=O)c3cccs3)sc2C)cc1. The molecule has 0 fully saturated rings. The van der Waals surface area contributed by atoms with E-state index in [4.69, 9.17) is 4.74 Å². The molecule has 1 aromatic carbocycles. The van der Waals surface area contributed by atoms with Crippen molar-refractivity contribution in [2.24, 2.45) is 0 Å². The van der Waals surface area contributed by atoms with Crippen LogP contribution in [0.5, 0.6) is 5.75 Å². The van der Waals surface area contributed by atoms with Crippen molar-refractivity contribution in [2.75, 3.05) is 12.4 Å². The summed E-state index contributed by atoms with van der Waals surface area (Å²) in [7, 11) is 1.63. The molecule has 0 saturated heterocycles. The fraction of sp³-hybridized carbons (Fsp3) is 0.250. The molecule has 0 spiro atoms. The van der Waals surface area contributed by atoms with Gasteiger partial charge in [0.15, 0.2) is 5.13 Å². The zero-order valence-electron chi connectivity index (χ0n) is 15.8. The molecule has 3 rings (SSSR count). The van der Waals surface area contributed by atoms with Crippen molar-refractivity contribution in [3.63, 3.8) is 0 Å². The summed E-state index contributed by atoms with van der Waals surface area (Å²) in [4.78, 5) is 30.5. The van der Waals surface area contributed by atoms with Crippen molar-refractivity contribution < 1.29 is 14.3 Å². The van der Waals surface area contributed by atoms with E-state index in [2.05, 4.69) is 15.6 Å². The van der Waals surface area contributed by atoms with Gasteiger partial charge in [-0.3, -0.25) is 9.59 Å². The normalized spacial score (nSPS) is 11.7. The van der Waals surface area contributed by atoms with Gasteiger partial charge in [-0.25, -0.2) is 4.98 Å². The molecule has 0 radical (unpaired) electrons. The molecule has 28 heavy (non-hydrogen) atoms. The highest BCUT2D eigenvalue weighted by molar-refractivity contribution is 7.16. The number of rotatable bonds is 7. The number of amides is 2. The van der Waals surface area contributed by atoms with Crippen LogP contribution in [0.3, 0.4) is 0 Å². The predicted molar refractivity (Wildman–Crippen MR) is 113 cm³/mol. The molecule has 8 heteroatoms. The molecule has 1 atom stereocenters. The minimum Gasteiger partial charge on any atom is -0.497 e. The molecule has 2 amide bonds. The maximum absolute atomic E-state index is 12.5. The van der Waals surface area contributed by atoms with Crippen LogP contribution in [-0.4, -0.2) is 23.9 Å². The van der Waals surface area contributed by atoms with Crippen LogP contribution in [0.1, 0.15) is 29.1 Å². The number of hydrogen-bond donors (Lipinski definition) is 2. The third-order valence-electron chi connectivity index (χ3n) is 4.06. The van der Waals surface area contributed by atoms with Crippen LogP contribution >= 0.6 is 22.7 Å². The van der Waals surface area contributed by atoms with Crippen LogP contribution in [0, 0.1) is 6.92 Å². The minimum absolute atomic E-state index is 0.149. The Morgan fingerprint density at radius 2 is 1.96 bits per heavy atom. The van der Waals surface area contributed by atoms with E-state index in [1.807, 2.05) is 48.7 Å². The first kappa shape index (κ1) is 20.0. The van der Waals surface area contributed by atoms with Gasteiger partial charge in [-0.2, -0.15) is 0 Å². The first-order chi connectivity index (χ1) is 13.5. The Hall–Kier alpha value is -2.71. The van der Waals surface area contributed by atoms with Gasteiger partial charge in [0, 0.05) is 22.2 Å². The summed E-state index contributed by atoms with van der Waals surface area (Å²) in [5.41, 5.74) is 1.80. The second-order valence-electron chi connectivity index (χ2n) is 6.17. The molecular formula is C20H21N3O3S2. The third kappa shape index (κ3) is 4.96. The molecule has 2 aromatic heterocycles. The van der Waals surface area contributed by atoms with Gasteiger partial charge < -0.3 is 15.4 Å². The van der Waals surface area contributed by atoms with Crippen molar-refractivity contribution in [3.8, 4) is 17.0 Å². The van der Waals surface area contributed by atoms with Crippen molar-refractivity contribution in [1.82, 2.24) is 10.3 Å². The number of carbonyl (C=O) groups excluding carboxylic acids is 2. The topological polar surface area (TPSA) is 80.3 Å². The Bertz CT molecular complexity index is 950. The van der Waals surface area contributed by atoms with Crippen LogP contribution < -0.4 is 15.4 Å². The van der Waals surface area contributed by atoms with E-state index in [1.54, 1.807) is 7.11 Å². The lowest BCUT2D eigenvalue weighted by molar-refractivity contribution is -0.120. The summed E-state index contributed by atoms with van der Waals surface area (Å²) in [6.45, 7) is 3.42. The maximum atomic E-state index is 12.5. The van der Waals surface area contributed by atoms with E-state index in [9.17, 15) is 9.59 Å². The Morgan fingerprint density at radius 3 is 2.57 bits per heavy atom. The van der Waals surface area contributed by atoms with Crippen molar-refractivity contribution in [1.29, 1.82) is 0 Å². The highest BCUT2D eigenvalue weighted by atomic mass is 32.1. The summed E-state index contributed by atoms with van der Waals surface area (Å²) in [6.07, 6.45) is 0.149. The van der Waals surface area contributed by atoms with Gasteiger partial charge in [0.2, 0.25) is 11.8 Å². The van der Waals surface area contributed by atoms with Gasteiger partial charge in [-0.1, -0.05) is 6.07 Å². The zero-order valence-corrected chi connectivity index (χ0v) is 17.4. The highest BCUT2D eigenvalue weighted by Gasteiger charge is 2.19. The molecule has 0 aliphatic carbocycles. The fourth-order valence-corrected chi connectivity index (χ4v) is 4.41. The van der Waals surface area contributed by atoms with Gasteiger partial charge in [0.1, 0.15) is 5.75 Å². The molecule has 0 unspecified atom stereocenters. The number of methoxy groups -OCH3 is 1. The third-order valence-corrected chi connectivity index (χ3v) is 5.93. The zero-order chi connectivity index (χ0) is 20.1. The Morgan fingerprint density at radius 1 is 1.21 bits per heavy atom. The van der Waals surface area contributed by atoms with Crippen LogP contribution in [0.4, 0.5) is 5.13 Å². The number of anilines is 1. The van der Waals surface area contributed by atoms with Gasteiger partial charge in [-0.05, 0) is 42.6 Å². The molecule has 0 aliphatic rings. The lowest BCUT2D eigenvalue weighted by Gasteiger charge is -2.15. The fourth-order valence-electron chi connectivity index (χ4n) is 2.78. The quantitative estimate of drug-likeness (QED) is 0.600. The number of hydrogen-bond acceptors (Lipinski definition) is 6. The average molecular weight is 416 g/mol. The molecular weight excluding hydrogens is 394 g/mol. The number of nitrogens with one attached hydrogen (secondary N) is 2. The lowest BCUT2D eigenvalue weighted by Crippen LogP contribution is -2.29. The Balaban J connectivity index is 1.70. The monoisotopic (exact) mass is 415 g/mol. The number of ether oxygens (including phenoxy) is 1. The van der Waals surface area contributed by atoms with Crippen LogP contribution in [0.15, 0.2) is 41.8 Å². The van der Waals surface area contributed by atoms with Crippen molar-refractivity contribution in [3.05, 3.63) is 51.5 Å². The summed E-state index contributed by atoms with van der Waals surface area (Å²) in [6, 6.07) is 11.1. The van der Waals surface area contributed by atoms with Gasteiger partial charge >= 0.3 is 0 Å². The second kappa shape index (κ2) is 8.99. The maximum Gasteiger partial charge on any atom is 0.228 e. The molecule has 0 saturated carbocycles. The van der Waals surface area contributed by atoms with Crippen LogP contribution in [0.25, 0.3) is 11.3 Å². The van der Waals surface area contributed by atoms with Crippen molar-refractivity contribution >= 4 is 39.6 Å². The molecule has 0 aliphatic heterocycles. The number of nitrogens with zero attached hydrogens (tertiary/aromatic N) is 1. The predicted octanol–water partition coefficient (Wildman–Crippen LogP) is 4.39. The average Bonchev–Trinajstić information content (AvgIpc) is 3.31. The Labute approximate surface area is 171 Å². The number of benzene rings is 1. The van der Waals surface area contributed by atoms with Gasteiger partial charge in [0.25, 0.3) is 0 Å².